The number of benzene rings is 2. The minimum Gasteiger partial charge on any atom is -0.455 e. The number of aldehydes is 1. The van der Waals surface area contributed by atoms with Gasteiger partial charge >= 0.3 is 0 Å². The number of hydrogen-bond donors (Lipinski definition) is 0. The molecule has 0 aliphatic rings. The second-order valence-electron chi connectivity index (χ2n) is 3.84. The first kappa shape index (κ1) is 13.1. The van der Waals surface area contributed by atoms with Crippen LogP contribution in [0.2, 0.25) is 5.02 Å². The van der Waals surface area contributed by atoms with Crippen LogP contribution in [-0.2, 0) is 0 Å². The van der Waals surface area contributed by atoms with Crippen molar-refractivity contribution in [2.45, 2.75) is 6.92 Å². The summed E-state index contributed by atoms with van der Waals surface area (Å²) in [5.41, 5.74) is 1.51. The van der Waals surface area contributed by atoms with Gasteiger partial charge in [0, 0.05) is 4.47 Å². The molecule has 0 saturated heterocycles. The standard InChI is InChI=1S/C14H10BrClO2/c1-9-2-4-12(16)14(6-9)18-13-5-3-11(15)7-10(13)8-17/h2-8H,1H3. The van der Waals surface area contributed by atoms with Crippen LogP contribution in [0, 0.1) is 6.92 Å². The van der Waals surface area contributed by atoms with Crippen molar-refractivity contribution in [3.63, 3.8) is 0 Å². The summed E-state index contributed by atoms with van der Waals surface area (Å²) in [6, 6.07) is 10.7. The zero-order valence-electron chi connectivity index (χ0n) is 9.61. The van der Waals surface area contributed by atoms with Crippen LogP contribution in [0.15, 0.2) is 40.9 Å². The van der Waals surface area contributed by atoms with E-state index in [0.29, 0.717) is 22.1 Å². The summed E-state index contributed by atoms with van der Waals surface area (Å²) in [5, 5.41) is 0.514. The molecule has 0 heterocycles. The van der Waals surface area contributed by atoms with Gasteiger partial charge in [-0.2, -0.15) is 0 Å². The van der Waals surface area contributed by atoms with Crippen LogP contribution in [0.5, 0.6) is 11.5 Å². The molecule has 0 spiro atoms. The molecule has 0 N–H and O–H groups in total. The van der Waals surface area contributed by atoms with Crippen molar-refractivity contribution < 1.29 is 9.53 Å². The third-order valence-corrected chi connectivity index (χ3v) is 3.21. The zero-order valence-corrected chi connectivity index (χ0v) is 12.0. The van der Waals surface area contributed by atoms with Crippen LogP contribution in [0.1, 0.15) is 15.9 Å². The summed E-state index contributed by atoms with van der Waals surface area (Å²) in [6.45, 7) is 1.95. The zero-order chi connectivity index (χ0) is 13.1. The Morgan fingerprint density at radius 2 is 1.94 bits per heavy atom. The predicted octanol–water partition coefficient (Wildman–Crippen LogP) is 5.02. The topological polar surface area (TPSA) is 26.3 Å². The van der Waals surface area contributed by atoms with E-state index in [2.05, 4.69) is 15.9 Å². The average Bonchev–Trinajstić information content (AvgIpc) is 2.36. The number of carbonyl (C=O) groups excluding carboxylic acids is 1. The van der Waals surface area contributed by atoms with E-state index in [1.54, 1.807) is 18.2 Å². The number of aryl methyl sites for hydroxylation is 1. The lowest BCUT2D eigenvalue weighted by Gasteiger charge is -2.10. The molecule has 2 rings (SSSR count). The molecule has 0 saturated carbocycles. The highest BCUT2D eigenvalue weighted by Gasteiger charge is 2.08. The van der Waals surface area contributed by atoms with Crippen molar-refractivity contribution in [2.75, 3.05) is 0 Å². The molecule has 2 aromatic carbocycles. The van der Waals surface area contributed by atoms with Gasteiger partial charge in [0.1, 0.15) is 11.5 Å². The highest BCUT2D eigenvalue weighted by Crippen LogP contribution is 2.32. The summed E-state index contributed by atoms with van der Waals surface area (Å²) >= 11 is 9.36. The maximum absolute atomic E-state index is 11.0. The molecular formula is C14H10BrClO2. The Morgan fingerprint density at radius 1 is 1.17 bits per heavy atom. The van der Waals surface area contributed by atoms with Crippen LogP contribution in [0.4, 0.5) is 0 Å². The van der Waals surface area contributed by atoms with E-state index in [1.165, 1.54) is 0 Å². The average molecular weight is 326 g/mol. The molecule has 0 bridgehead atoms. The van der Waals surface area contributed by atoms with Crippen LogP contribution in [0.3, 0.4) is 0 Å². The summed E-state index contributed by atoms with van der Waals surface area (Å²) < 4.78 is 6.51. The van der Waals surface area contributed by atoms with Crippen molar-refractivity contribution in [1.29, 1.82) is 0 Å². The fourth-order valence-corrected chi connectivity index (χ4v) is 2.05. The monoisotopic (exact) mass is 324 g/mol. The van der Waals surface area contributed by atoms with Gasteiger partial charge in [-0.25, -0.2) is 0 Å². The van der Waals surface area contributed by atoms with E-state index in [0.717, 1.165) is 16.3 Å². The molecule has 0 radical (unpaired) electrons. The largest absolute Gasteiger partial charge is 0.455 e. The predicted molar refractivity (Wildman–Crippen MR) is 75.8 cm³/mol. The Balaban J connectivity index is 2.39. The van der Waals surface area contributed by atoms with Gasteiger partial charge < -0.3 is 4.74 Å². The van der Waals surface area contributed by atoms with Crippen molar-refractivity contribution in [3.8, 4) is 11.5 Å². The van der Waals surface area contributed by atoms with Crippen LogP contribution in [-0.4, -0.2) is 6.29 Å². The Bertz CT molecular complexity index is 596. The molecule has 92 valence electrons. The lowest BCUT2D eigenvalue weighted by molar-refractivity contribution is 0.112. The minimum absolute atomic E-state index is 0.474. The quantitative estimate of drug-likeness (QED) is 0.741. The van der Waals surface area contributed by atoms with Gasteiger partial charge in [-0.3, -0.25) is 4.79 Å². The molecule has 0 unspecified atom stereocenters. The number of ether oxygens (including phenoxy) is 1. The highest BCUT2D eigenvalue weighted by molar-refractivity contribution is 9.10. The summed E-state index contributed by atoms with van der Waals surface area (Å²) in [7, 11) is 0. The molecule has 18 heavy (non-hydrogen) atoms. The molecule has 0 aromatic heterocycles. The van der Waals surface area contributed by atoms with E-state index < -0.39 is 0 Å². The van der Waals surface area contributed by atoms with Gasteiger partial charge in [-0.15, -0.1) is 0 Å². The number of hydrogen-bond acceptors (Lipinski definition) is 2. The third-order valence-electron chi connectivity index (χ3n) is 2.41. The maximum atomic E-state index is 11.0. The number of carbonyl (C=O) groups is 1. The lowest BCUT2D eigenvalue weighted by Crippen LogP contribution is -1.91. The van der Waals surface area contributed by atoms with Gasteiger partial charge in [0.2, 0.25) is 0 Å². The normalized spacial score (nSPS) is 10.2. The second-order valence-corrected chi connectivity index (χ2v) is 5.16. The first-order chi connectivity index (χ1) is 8.60. The van der Waals surface area contributed by atoms with Crippen LogP contribution in [0.25, 0.3) is 0 Å². The highest BCUT2D eigenvalue weighted by atomic mass is 79.9. The first-order valence-electron chi connectivity index (χ1n) is 5.29. The van der Waals surface area contributed by atoms with E-state index in [1.807, 2.05) is 25.1 Å². The Kier molecular flexibility index (Phi) is 4.04. The molecule has 0 aliphatic heterocycles. The summed E-state index contributed by atoms with van der Waals surface area (Å²) in [4.78, 5) is 11.0. The van der Waals surface area contributed by atoms with Crippen molar-refractivity contribution in [3.05, 3.63) is 57.0 Å². The molecule has 0 fully saturated rings. The smallest absolute Gasteiger partial charge is 0.153 e. The van der Waals surface area contributed by atoms with Gasteiger partial charge in [-0.1, -0.05) is 33.6 Å². The first-order valence-corrected chi connectivity index (χ1v) is 6.46. The molecule has 0 atom stereocenters. The second kappa shape index (κ2) is 5.55. The van der Waals surface area contributed by atoms with Crippen LogP contribution >= 0.6 is 27.5 Å². The lowest BCUT2D eigenvalue weighted by atomic mass is 10.2. The number of rotatable bonds is 3. The maximum Gasteiger partial charge on any atom is 0.153 e. The third kappa shape index (κ3) is 2.92. The molecule has 0 aliphatic carbocycles. The van der Waals surface area contributed by atoms with Gasteiger partial charge in [0.15, 0.2) is 6.29 Å². The fourth-order valence-electron chi connectivity index (χ4n) is 1.51. The van der Waals surface area contributed by atoms with Crippen molar-refractivity contribution in [1.82, 2.24) is 0 Å². The Labute approximate surface area is 119 Å². The summed E-state index contributed by atoms with van der Waals surface area (Å²) in [5.74, 6) is 1.03. The molecule has 0 amide bonds. The van der Waals surface area contributed by atoms with E-state index in [-0.39, 0.29) is 0 Å². The van der Waals surface area contributed by atoms with E-state index in [4.69, 9.17) is 16.3 Å². The molecule has 4 heteroatoms. The fraction of sp³-hybridized carbons (Fsp3) is 0.0714. The summed E-state index contributed by atoms with van der Waals surface area (Å²) in [6.07, 6.45) is 0.754. The van der Waals surface area contributed by atoms with Crippen LogP contribution < -0.4 is 4.74 Å². The SMILES string of the molecule is Cc1ccc(Cl)c(Oc2ccc(Br)cc2C=O)c1. The molecular weight excluding hydrogens is 316 g/mol. The minimum atomic E-state index is 0.474. The van der Waals surface area contributed by atoms with E-state index >= 15 is 0 Å². The molecule has 2 nitrogen and oxygen atoms in total. The van der Waals surface area contributed by atoms with Crippen molar-refractivity contribution in [2.24, 2.45) is 0 Å². The number of halogens is 2. The van der Waals surface area contributed by atoms with Gasteiger partial charge in [0.25, 0.3) is 0 Å². The van der Waals surface area contributed by atoms with E-state index in [9.17, 15) is 4.79 Å². The molecule has 2 aromatic rings. The van der Waals surface area contributed by atoms with Gasteiger partial charge in [0.05, 0.1) is 10.6 Å². The Hall–Kier alpha value is -1.32. The Morgan fingerprint density at radius 3 is 2.67 bits per heavy atom. The van der Waals surface area contributed by atoms with Crippen molar-refractivity contribution >= 4 is 33.8 Å². The van der Waals surface area contributed by atoms with Gasteiger partial charge in [-0.05, 0) is 42.8 Å².